The Morgan fingerprint density at radius 1 is 1.14 bits per heavy atom. The average Bonchev–Trinajstić information content (AvgIpc) is 2.74. The molecule has 0 aliphatic heterocycles. The van der Waals surface area contributed by atoms with Crippen molar-refractivity contribution in [1.82, 2.24) is 10.2 Å². The van der Waals surface area contributed by atoms with Crippen LogP contribution in [0.1, 0.15) is 25.8 Å². The van der Waals surface area contributed by atoms with E-state index in [1.54, 1.807) is 14.0 Å². The third kappa shape index (κ3) is 6.78. The van der Waals surface area contributed by atoms with Gasteiger partial charge in [0.25, 0.3) is 5.91 Å². The molecule has 0 radical (unpaired) electrons. The molecular weight excluding hydrogens is 375 g/mol. The van der Waals surface area contributed by atoms with Gasteiger partial charge in [0.2, 0.25) is 5.91 Å². The van der Waals surface area contributed by atoms with Gasteiger partial charge in [-0.05, 0) is 55.3 Å². The first kappa shape index (κ1) is 22.2. The third-order valence-electron chi connectivity index (χ3n) is 4.38. The molecule has 2 aromatic rings. The van der Waals surface area contributed by atoms with E-state index in [-0.39, 0.29) is 30.8 Å². The van der Waals surface area contributed by atoms with Crippen LogP contribution in [0.5, 0.6) is 11.5 Å². The van der Waals surface area contributed by atoms with E-state index in [2.05, 4.69) is 5.32 Å². The Balaban J connectivity index is 2.14. The Morgan fingerprint density at radius 3 is 2.52 bits per heavy atom. The summed E-state index contributed by atoms with van der Waals surface area (Å²) in [5.74, 6) is 0.0791. The zero-order valence-electron chi connectivity index (χ0n) is 17.0. The number of nitrogens with zero attached hydrogens (tertiary/aromatic N) is 1. The second kappa shape index (κ2) is 11.0. The van der Waals surface area contributed by atoms with Crippen molar-refractivity contribution in [2.24, 2.45) is 0 Å². The van der Waals surface area contributed by atoms with Gasteiger partial charge in [0.05, 0.1) is 7.11 Å². The van der Waals surface area contributed by atoms with E-state index in [0.717, 1.165) is 12.0 Å². The number of hydrogen-bond acceptors (Lipinski definition) is 4. The molecular formula is C22H27FN2O4. The Bertz CT molecular complexity index is 811. The van der Waals surface area contributed by atoms with Gasteiger partial charge in [0.15, 0.2) is 6.61 Å². The maximum Gasteiger partial charge on any atom is 0.261 e. The fraction of sp³-hybridized carbons (Fsp3) is 0.364. The van der Waals surface area contributed by atoms with Crippen LogP contribution in [0.2, 0.25) is 0 Å². The fourth-order valence-electron chi connectivity index (χ4n) is 2.70. The van der Waals surface area contributed by atoms with Crippen LogP contribution in [0.4, 0.5) is 4.39 Å². The van der Waals surface area contributed by atoms with Gasteiger partial charge in [-0.1, -0.05) is 19.1 Å². The molecule has 6 nitrogen and oxygen atoms in total. The van der Waals surface area contributed by atoms with E-state index in [1.165, 1.54) is 29.2 Å². The number of amides is 2. The van der Waals surface area contributed by atoms with Crippen LogP contribution in [-0.2, 0) is 16.1 Å². The van der Waals surface area contributed by atoms with Crippen LogP contribution < -0.4 is 14.8 Å². The quantitative estimate of drug-likeness (QED) is 0.663. The summed E-state index contributed by atoms with van der Waals surface area (Å²) >= 11 is 0. The second-order valence-corrected chi connectivity index (χ2v) is 6.58. The monoisotopic (exact) mass is 402 g/mol. The minimum absolute atomic E-state index is 0.226. The minimum Gasteiger partial charge on any atom is -0.497 e. The fourth-order valence-corrected chi connectivity index (χ4v) is 2.70. The van der Waals surface area contributed by atoms with Gasteiger partial charge in [-0.3, -0.25) is 9.59 Å². The van der Waals surface area contributed by atoms with E-state index < -0.39 is 6.04 Å². The predicted octanol–water partition coefficient (Wildman–Crippen LogP) is 3.16. The number of carbonyl (C=O) groups is 2. The summed E-state index contributed by atoms with van der Waals surface area (Å²) in [6.45, 7) is 4.14. The molecule has 2 rings (SSSR count). The molecule has 29 heavy (non-hydrogen) atoms. The number of carbonyl (C=O) groups excluding carboxylic acids is 2. The molecule has 0 spiro atoms. The minimum atomic E-state index is -0.683. The topological polar surface area (TPSA) is 67.9 Å². The molecule has 7 heteroatoms. The van der Waals surface area contributed by atoms with Gasteiger partial charge < -0.3 is 19.7 Å². The average molecular weight is 402 g/mol. The number of hydrogen-bond donors (Lipinski definition) is 1. The zero-order chi connectivity index (χ0) is 21.2. The van der Waals surface area contributed by atoms with Gasteiger partial charge in [0, 0.05) is 13.1 Å². The van der Waals surface area contributed by atoms with Crippen molar-refractivity contribution < 1.29 is 23.5 Å². The maximum atomic E-state index is 13.0. The van der Waals surface area contributed by atoms with Crippen LogP contribution in [0.25, 0.3) is 0 Å². The van der Waals surface area contributed by atoms with Crippen LogP contribution >= 0.6 is 0 Å². The molecule has 0 heterocycles. The van der Waals surface area contributed by atoms with Crippen molar-refractivity contribution in [2.45, 2.75) is 32.9 Å². The predicted molar refractivity (Wildman–Crippen MR) is 108 cm³/mol. The highest BCUT2D eigenvalue weighted by atomic mass is 19.1. The number of rotatable bonds is 10. The van der Waals surface area contributed by atoms with Crippen LogP contribution in [0.3, 0.4) is 0 Å². The Morgan fingerprint density at radius 2 is 1.86 bits per heavy atom. The lowest BCUT2D eigenvalue weighted by Crippen LogP contribution is -2.49. The summed E-state index contributed by atoms with van der Waals surface area (Å²) in [7, 11) is 1.57. The molecule has 156 valence electrons. The normalized spacial score (nSPS) is 11.4. The molecule has 0 saturated heterocycles. The summed E-state index contributed by atoms with van der Waals surface area (Å²) in [4.78, 5) is 26.8. The lowest BCUT2D eigenvalue weighted by Gasteiger charge is -2.28. The van der Waals surface area contributed by atoms with Gasteiger partial charge in [0.1, 0.15) is 23.4 Å². The molecule has 0 fully saturated rings. The van der Waals surface area contributed by atoms with Gasteiger partial charge >= 0.3 is 0 Å². The second-order valence-electron chi connectivity index (χ2n) is 6.58. The number of ether oxygens (including phenoxy) is 2. The first-order chi connectivity index (χ1) is 13.9. The largest absolute Gasteiger partial charge is 0.497 e. The van der Waals surface area contributed by atoms with E-state index in [9.17, 15) is 14.0 Å². The first-order valence-electron chi connectivity index (χ1n) is 9.53. The summed E-state index contributed by atoms with van der Waals surface area (Å²) in [6.07, 6.45) is 0.802. The van der Waals surface area contributed by atoms with Crippen molar-refractivity contribution in [3.05, 3.63) is 59.9 Å². The molecule has 0 saturated carbocycles. The SMILES string of the molecule is CCCNC(=O)C(C)N(Cc1cccc(OC)c1)C(=O)COc1ccc(F)cc1. The van der Waals surface area contributed by atoms with Gasteiger partial charge in [-0.25, -0.2) is 4.39 Å². The van der Waals surface area contributed by atoms with Gasteiger partial charge in [-0.2, -0.15) is 0 Å². The first-order valence-corrected chi connectivity index (χ1v) is 9.53. The molecule has 0 aliphatic rings. The summed E-state index contributed by atoms with van der Waals surface area (Å²) in [6, 6.07) is 12.1. The summed E-state index contributed by atoms with van der Waals surface area (Å²) in [5.41, 5.74) is 0.828. The zero-order valence-corrected chi connectivity index (χ0v) is 17.0. The molecule has 1 unspecified atom stereocenters. The lowest BCUT2D eigenvalue weighted by molar-refractivity contribution is -0.142. The molecule has 1 N–H and O–H groups in total. The van der Waals surface area contributed by atoms with E-state index in [1.807, 2.05) is 31.2 Å². The van der Waals surface area contributed by atoms with Crippen LogP contribution in [0.15, 0.2) is 48.5 Å². The standard InChI is InChI=1S/C22H27FN2O4/c1-4-12-24-22(27)16(2)25(14-17-6-5-7-20(13-17)28-3)21(26)15-29-19-10-8-18(23)9-11-19/h5-11,13,16H,4,12,14-15H2,1-3H3,(H,24,27). The van der Waals surface area contributed by atoms with E-state index in [4.69, 9.17) is 9.47 Å². The highest BCUT2D eigenvalue weighted by Crippen LogP contribution is 2.17. The molecule has 2 aromatic carbocycles. The molecule has 0 bridgehead atoms. The highest BCUT2D eigenvalue weighted by Gasteiger charge is 2.26. The van der Waals surface area contributed by atoms with Crippen molar-refractivity contribution in [1.29, 1.82) is 0 Å². The number of benzene rings is 2. The van der Waals surface area contributed by atoms with E-state index >= 15 is 0 Å². The third-order valence-corrected chi connectivity index (χ3v) is 4.38. The highest BCUT2D eigenvalue weighted by molar-refractivity contribution is 5.87. The number of nitrogens with one attached hydrogen (secondary N) is 1. The Hall–Kier alpha value is -3.09. The van der Waals surface area contributed by atoms with Crippen molar-refractivity contribution in [3.8, 4) is 11.5 Å². The Labute approximate surface area is 170 Å². The van der Waals surface area contributed by atoms with Crippen molar-refractivity contribution >= 4 is 11.8 Å². The molecule has 0 aromatic heterocycles. The van der Waals surface area contributed by atoms with Crippen molar-refractivity contribution in [3.63, 3.8) is 0 Å². The van der Waals surface area contributed by atoms with E-state index in [0.29, 0.717) is 18.0 Å². The van der Waals surface area contributed by atoms with Crippen molar-refractivity contribution in [2.75, 3.05) is 20.3 Å². The van der Waals surface area contributed by atoms with Gasteiger partial charge in [-0.15, -0.1) is 0 Å². The van der Waals surface area contributed by atoms with Crippen LogP contribution in [-0.4, -0.2) is 43.0 Å². The maximum absolute atomic E-state index is 13.0. The Kier molecular flexibility index (Phi) is 8.45. The number of halogens is 1. The summed E-state index contributed by atoms with van der Waals surface area (Å²) < 4.78 is 23.7. The smallest absolute Gasteiger partial charge is 0.261 e. The number of methoxy groups -OCH3 is 1. The summed E-state index contributed by atoms with van der Waals surface area (Å²) in [5, 5.41) is 2.82. The molecule has 1 atom stereocenters. The lowest BCUT2D eigenvalue weighted by atomic mass is 10.1. The van der Waals surface area contributed by atoms with Crippen LogP contribution in [0, 0.1) is 5.82 Å². The molecule has 0 aliphatic carbocycles. The molecule has 2 amide bonds.